The van der Waals surface area contributed by atoms with Gasteiger partial charge in [-0.25, -0.2) is 13.8 Å². The van der Waals surface area contributed by atoms with Gasteiger partial charge >= 0.3 is 0 Å². The third kappa shape index (κ3) is 3.66. The van der Waals surface area contributed by atoms with Crippen LogP contribution in [0.4, 0.5) is 31.7 Å². The van der Waals surface area contributed by atoms with Crippen LogP contribution < -0.4 is 15.5 Å². The number of aromatic nitrogens is 3. The molecule has 3 N–H and O–H groups in total. The van der Waals surface area contributed by atoms with Crippen molar-refractivity contribution in [3.05, 3.63) is 47.9 Å². The number of rotatable bonds is 3. The molecule has 2 aliphatic rings. The first-order valence-corrected chi connectivity index (χ1v) is 10.8. The van der Waals surface area contributed by atoms with Crippen molar-refractivity contribution in [2.75, 3.05) is 22.1 Å². The molecule has 0 saturated heterocycles. The van der Waals surface area contributed by atoms with E-state index in [-0.39, 0.29) is 11.6 Å². The Labute approximate surface area is 185 Å². The van der Waals surface area contributed by atoms with Gasteiger partial charge in [-0.05, 0) is 49.1 Å². The fraction of sp³-hybridized carbons (Fsp3) is 0.391. The van der Waals surface area contributed by atoms with Crippen molar-refractivity contribution in [3.63, 3.8) is 0 Å². The molecule has 7 nitrogen and oxygen atoms in total. The Kier molecular flexibility index (Phi) is 5.21. The highest BCUT2D eigenvalue weighted by Crippen LogP contribution is 2.44. The van der Waals surface area contributed by atoms with Gasteiger partial charge in [-0.15, -0.1) is 0 Å². The number of pyridine rings is 1. The van der Waals surface area contributed by atoms with Crippen molar-refractivity contribution in [2.45, 2.75) is 44.9 Å². The Hall–Kier alpha value is -3.20. The van der Waals surface area contributed by atoms with E-state index < -0.39 is 12.7 Å². The number of hydrogen-bond acceptors (Lipinski definition) is 6. The molecule has 2 aliphatic heterocycles. The number of aliphatic hydroxyl groups is 1. The molecule has 2 aromatic heterocycles. The Morgan fingerprint density at radius 3 is 2.84 bits per heavy atom. The summed E-state index contributed by atoms with van der Waals surface area (Å²) in [6, 6.07) is 5.31. The first kappa shape index (κ1) is 20.7. The number of aryl methyl sites for hydroxylation is 2. The molecule has 0 aliphatic carbocycles. The predicted octanol–water partition coefficient (Wildman–Crippen LogP) is 4.44. The van der Waals surface area contributed by atoms with Crippen LogP contribution in [0, 0.1) is 0 Å². The van der Waals surface area contributed by atoms with Crippen molar-refractivity contribution < 1.29 is 13.9 Å². The number of alkyl halides is 2. The number of anilines is 4. The van der Waals surface area contributed by atoms with E-state index in [2.05, 4.69) is 20.7 Å². The van der Waals surface area contributed by atoms with Gasteiger partial charge in [0.15, 0.2) is 5.82 Å². The summed E-state index contributed by atoms with van der Waals surface area (Å²) in [4.78, 5) is 6.62. The van der Waals surface area contributed by atoms with E-state index in [9.17, 15) is 13.9 Å². The smallest absolute Gasteiger partial charge is 0.264 e. The van der Waals surface area contributed by atoms with Crippen molar-refractivity contribution in [1.29, 1.82) is 0 Å². The second kappa shape index (κ2) is 8.05. The zero-order chi connectivity index (χ0) is 22.4. The third-order valence-electron chi connectivity index (χ3n) is 6.10. The molecule has 168 valence electrons. The summed E-state index contributed by atoms with van der Waals surface area (Å²) in [5.41, 5.74) is 4.47. The second-order valence-corrected chi connectivity index (χ2v) is 8.53. The lowest BCUT2D eigenvalue weighted by molar-refractivity contribution is 0.152. The zero-order valence-electron chi connectivity index (χ0n) is 18.0. The van der Waals surface area contributed by atoms with E-state index in [1.165, 1.54) is 0 Å². The Morgan fingerprint density at radius 1 is 1.25 bits per heavy atom. The van der Waals surface area contributed by atoms with E-state index in [4.69, 9.17) is 0 Å². The molecule has 4 heterocycles. The van der Waals surface area contributed by atoms with Gasteiger partial charge < -0.3 is 20.6 Å². The van der Waals surface area contributed by atoms with Gasteiger partial charge in [0.1, 0.15) is 11.9 Å². The molecule has 0 saturated carbocycles. The highest BCUT2D eigenvalue weighted by atomic mass is 19.3. The van der Waals surface area contributed by atoms with Gasteiger partial charge in [0, 0.05) is 55.3 Å². The van der Waals surface area contributed by atoms with Crippen molar-refractivity contribution in [3.8, 4) is 11.1 Å². The summed E-state index contributed by atoms with van der Waals surface area (Å²) in [5.74, 6) is 0.672. The normalized spacial score (nSPS) is 20.2. The molecular weight excluding hydrogens is 414 g/mol. The molecule has 0 radical (unpaired) electrons. The molecule has 1 aromatic carbocycles. The summed E-state index contributed by atoms with van der Waals surface area (Å²) in [5, 5.41) is 20.9. The van der Waals surface area contributed by atoms with Crippen LogP contribution in [0.1, 0.15) is 37.3 Å². The molecular formula is C23H26F2N6O. The summed E-state index contributed by atoms with van der Waals surface area (Å²) >= 11 is 0. The summed E-state index contributed by atoms with van der Waals surface area (Å²) in [6.07, 6.45) is 3.99. The first-order chi connectivity index (χ1) is 15.4. The number of halogens is 2. The summed E-state index contributed by atoms with van der Waals surface area (Å²) < 4.78 is 29.9. The van der Waals surface area contributed by atoms with Gasteiger partial charge in [-0.1, -0.05) is 0 Å². The maximum atomic E-state index is 14.1. The van der Waals surface area contributed by atoms with Gasteiger partial charge in [0.05, 0.1) is 11.9 Å². The fourth-order valence-corrected chi connectivity index (χ4v) is 4.66. The van der Waals surface area contributed by atoms with E-state index >= 15 is 0 Å². The van der Waals surface area contributed by atoms with Crippen molar-refractivity contribution in [1.82, 2.24) is 14.8 Å². The topological polar surface area (TPSA) is 78.2 Å². The minimum Gasteiger partial charge on any atom is -0.378 e. The number of aliphatic hydroxyl groups excluding tert-OH is 1. The Balaban J connectivity index is 1.63. The quantitative estimate of drug-likeness (QED) is 0.559. The average Bonchev–Trinajstić information content (AvgIpc) is 3.12. The number of nitrogens with one attached hydrogen (secondary N) is 2. The fourth-order valence-electron chi connectivity index (χ4n) is 4.66. The molecule has 3 aromatic rings. The number of fused-ring (bicyclic) bond motifs is 2. The van der Waals surface area contributed by atoms with Crippen LogP contribution in [0.15, 0.2) is 36.8 Å². The first-order valence-electron chi connectivity index (χ1n) is 10.8. The largest absolute Gasteiger partial charge is 0.378 e. The molecule has 2 atom stereocenters. The molecule has 0 spiro atoms. The molecule has 1 unspecified atom stereocenters. The number of nitrogens with zero attached hydrogens (tertiary/aromatic N) is 4. The number of benzene rings is 1. The molecule has 0 fully saturated rings. The monoisotopic (exact) mass is 440 g/mol. The van der Waals surface area contributed by atoms with Crippen LogP contribution in [-0.4, -0.2) is 38.7 Å². The molecule has 0 amide bonds. The standard InChI is InChI=1S/C23H26F2N6O/c1-13-8-20(32)29-18-5-6-26-23(21(18)28-13)31-7-3-4-14-9-16(15-11-27-30(2)12-15)17(22(24)25)10-19(14)31/h5-6,9-13,20,22,28-29,32H,3-4,7-8H2,1-2H3/t13-,20?/m1/s1. The Morgan fingerprint density at radius 2 is 2.09 bits per heavy atom. The van der Waals surface area contributed by atoms with E-state index in [0.29, 0.717) is 29.9 Å². The second-order valence-electron chi connectivity index (χ2n) is 8.53. The van der Waals surface area contributed by atoms with Crippen LogP contribution in [-0.2, 0) is 13.5 Å². The van der Waals surface area contributed by atoms with Crippen LogP contribution >= 0.6 is 0 Å². The maximum Gasteiger partial charge on any atom is 0.264 e. The third-order valence-corrected chi connectivity index (χ3v) is 6.10. The van der Waals surface area contributed by atoms with Crippen molar-refractivity contribution in [2.24, 2.45) is 7.05 Å². The maximum absolute atomic E-state index is 14.1. The van der Waals surface area contributed by atoms with Crippen LogP contribution in [0.3, 0.4) is 0 Å². The van der Waals surface area contributed by atoms with Gasteiger partial charge in [-0.3, -0.25) is 4.68 Å². The predicted molar refractivity (Wildman–Crippen MR) is 120 cm³/mol. The van der Waals surface area contributed by atoms with Crippen LogP contribution in [0.5, 0.6) is 0 Å². The summed E-state index contributed by atoms with van der Waals surface area (Å²) in [6.45, 7) is 2.67. The van der Waals surface area contributed by atoms with Crippen molar-refractivity contribution >= 4 is 22.9 Å². The average molecular weight is 440 g/mol. The minimum atomic E-state index is -2.62. The van der Waals surface area contributed by atoms with Crippen LogP contribution in [0.2, 0.25) is 0 Å². The molecule has 0 bridgehead atoms. The lowest BCUT2D eigenvalue weighted by atomic mass is 9.93. The highest BCUT2D eigenvalue weighted by molar-refractivity contribution is 5.86. The lowest BCUT2D eigenvalue weighted by Crippen LogP contribution is -2.27. The zero-order valence-corrected chi connectivity index (χ0v) is 18.0. The number of hydrogen-bond donors (Lipinski definition) is 3. The Bertz CT molecular complexity index is 1150. The molecule has 32 heavy (non-hydrogen) atoms. The van der Waals surface area contributed by atoms with E-state index in [1.807, 2.05) is 24.0 Å². The van der Waals surface area contributed by atoms with E-state index in [0.717, 1.165) is 35.5 Å². The minimum absolute atomic E-state index is 0.0134. The highest BCUT2D eigenvalue weighted by Gasteiger charge is 2.29. The van der Waals surface area contributed by atoms with Gasteiger partial charge in [0.25, 0.3) is 6.43 Å². The van der Waals surface area contributed by atoms with Crippen LogP contribution in [0.25, 0.3) is 11.1 Å². The molecule has 5 rings (SSSR count). The summed E-state index contributed by atoms with van der Waals surface area (Å²) in [7, 11) is 1.78. The lowest BCUT2D eigenvalue weighted by Gasteiger charge is -2.33. The van der Waals surface area contributed by atoms with Gasteiger partial charge in [-0.2, -0.15) is 5.10 Å². The van der Waals surface area contributed by atoms with Gasteiger partial charge in [0.2, 0.25) is 0 Å². The SMILES string of the molecule is C[C@@H]1CC(O)Nc2ccnc(N3CCCc4cc(-c5cnn(C)c5)c(C(F)F)cc43)c2N1. The van der Waals surface area contributed by atoms with E-state index in [1.54, 1.807) is 36.4 Å². The molecule has 9 heteroatoms.